The molecule has 0 radical (unpaired) electrons. The summed E-state index contributed by atoms with van der Waals surface area (Å²) in [5.74, 6) is 0. The molecule has 116 valence electrons. The SMILES string of the molecule is CCNCCc1sccc1C1(C)C=CC=CC1S(N)(=O)=O. The van der Waals surface area contributed by atoms with Crippen LogP contribution in [0, 0.1) is 0 Å². The zero-order chi connectivity index (χ0) is 15.5. The van der Waals surface area contributed by atoms with E-state index >= 15 is 0 Å². The Balaban J connectivity index is 2.37. The summed E-state index contributed by atoms with van der Waals surface area (Å²) in [5, 5.41) is 10.0. The van der Waals surface area contributed by atoms with E-state index in [4.69, 9.17) is 5.14 Å². The van der Waals surface area contributed by atoms with Gasteiger partial charge in [-0.3, -0.25) is 0 Å². The van der Waals surface area contributed by atoms with Crippen LogP contribution in [-0.4, -0.2) is 26.8 Å². The molecular formula is C15H22N2O2S2. The second kappa shape index (κ2) is 6.44. The summed E-state index contributed by atoms with van der Waals surface area (Å²) in [7, 11) is -3.65. The lowest BCUT2D eigenvalue weighted by atomic mass is 9.76. The van der Waals surface area contributed by atoms with E-state index in [0.717, 1.165) is 25.1 Å². The Morgan fingerprint density at radius 1 is 1.43 bits per heavy atom. The van der Waals surface area contributed by atoms with Crippen LogP contribution < -0.4 is 10.5 Å². The lowest BCUT2D eigenvalue weighted by molar-refractivity contribution is 0.540. The minimum Gasteiger partial charge on any atom is -0.317 e. The molecule has 0 saturated carbocycles. The lowest BCUT2D eigenvalue weighted by Crippen LogP contribution is -2.44. The highest BCUT2D eigenvalue weighted by Gasteiger charge is 2.41. The third-order valence-corrected chi connectivity index (χ3v) is 6.22. The summed E-state index contributed by atoms with van der Waals surface area (Å²) in [6.07, 6.45) is 8.17. The van der Waals surface area contributed by atoms with Crippen molar-refractivity contribution in [2.75, 3.05) is 13.1 Å². The Morgan fingerprint density at radius 2 is 2.19 bits per heavy atom. The van der Waals surface area contributed by atoms with Crippen LogP contribution in [0.3, 0.4) is 0 Å². The zero-order valence-corrected chi connectivity index (χ0v) is 14.0. The fourth-order valence-electron chi connectivity index (χ4n) is 2.80. The van der Waals surface area contributed by atoms with Crippen molar-refractivity contribution in [1.82, 2.24) is 5.32 Å². The van der Waals surface area contributed by atoms with Crippen molar-refractivity contribution >= 4 is 21.4 Å². The molecule has 2 unspecified atom stereocenters. The third-order valence-electron chi connectivity index (χ3n) is 3.89. The molecule has 2 rings (SSSR count). The Kier molecular flexibility index (Phi) is 5.03. The standard InChI is InChI=1S/C15H22N2O2S2/c1-3-17-10-7-13-12(8-11-20-13)15(2)9-5-4-6-14(15)21(16,18)19/h4-6,8-9,11,14,17H,3,7,10H2,1-2H3,(H2,16,18,19). The minimum atomic E-state index is -3.65. The molecule has 0 spiro atoms. The highest BCUT2D eigenvalue weighted by atomic mass is 32.2. The summed E-state index contributed by atoms with van der Waals surface area (Å²) < 4.78 is 23.9. The molecule has 0 aliphatic heterocycles. The van der Waals surface area contributed by atoms with Gasteiger partial charge >= 0.3 is 0 Å². The van der Waals surface area contributed by atoms with Crippen LogP contribution in [0.5, 0.6) is 0 Å². The maximum absolute atomic E-state index is 12.0. The molecule has 4 nitrogen and oxygen atoms in total. The number of sulfonamides is 1. The van der Waals surface area contributed by atoms with Crippen molar-refractivity contribution in [3.63, 3.8) is 0 Å². The fraction of sp³-hybridized carbons (Fsp3) is 0.467. The van der Waals surface area contributed by atoms with Crippen LogP contribution in [-0.2, 0) is 21.9 Å². The van der Waals surface area contributed by atoms with Gasteiger partial charge in [0.2, 0.25) is 10.0 Å². The molecule has 1 aliphatic carbocycles. The van der Waals surface area contributed by atoms with E-state index in [9.17, 15) is 8.42 Å². The van der Waals surface area contributed by atoms with Crippen molar-refractivity contribution in [3.05, 3.63) is 46.2 Å². The largest absolute Gasteiger partial charge is 0.317 e. The maximum Gasteiger partial charge on any atom is 0.216 e. The van der Waals surface area contributed by atoms with Gasteiger partial charge in [-0.05, 0) is 36.5 Å². The van der Waals surface area contributed by atoms with Crippen LogP contribution in [0.25, 0.3) is 0 Å². The summed E-state index contributed by atoms with van der Waals surface area (Å²) in [4.78, 5) is 1.21. The summed E-state index contributed by atoms with van der Waals surface area (Å²) >= 11 is 1.67. The molecule has 1 aliphatic rings. The predicted octanol–water partition coefficient (Wildman–Crippen LogP) is 1.94. The van der Waals surface area contributed by atoms with Crippen LogP contribution in [0.4, 0.5) is 0 Å². The van der Waals surface area contributed by atoms with E-state index in [1.54, 1.807) is 23.5 Å². The molecule has 0 bridgehead atoms. The number of likely N-dealkylation sites (N-methyl/N-ethyl adjacent to an activating group) is 1. The number of hydrogen-bond donors (Lipinski definition) is 2. The first kappa shape index (κ1) is 16.4. The van der Waals surface area contributed by atoms with Gasteiger partial charge in [0.1, 0.15) is 5.25 Å². The van der Waals surface area contributed by atoms with E-state index in [0.29, 0.717) is 0 Å². The minimum absolute atomic E-state index is 0.607. The molecule has 3 N–H and O–H groups in total. The van der Waals surface area contributed by atoms with Gasteiger partial charge in [-0.15, -0.1) is 11.3 Å². The van der Waals surface area contributed by atoms with Gasteiger partial charge in [-0.25, -0.2) is 13.6 Å². The van der Waals surface area contributed by atoms with Gasteiger partial charge in [-0.1, -0.05) is 38.2 Å². The monoisotopic (exact) mass is 326 g/mol. The van der Waals surface area contributed by atoms with Crippen LogP contribution in [0.15, 0.2) is 35.8 Å². The highest BCUT2D eigenvalue weighted by molar-refractivity contribution is 7.90. The maximum atomic E-state index is 12.0. The van der Waals surface area contributed by atoms with Crippen LogP contribution >= 0.6 is 11.3 Å². The van der Waals surface area contributed by atoms with E-state index in [2.05, 4.69) is 12.2 Å². The number of allylic oxidation sites excluding steroid dienone is 3. The van der Waals surface area contributed by atoms with Crippen molar-refractivity contribution in [1.29, 1.82) is 0 Å². The number of nitrogens with one attached hydrogen (secondary N) is 1. The van der Waals surface area contributed by atoms with Crippen LogP contribution in [0.2, 0.25) is 0 Å². The second-order valence-electron chi connectivity index (χ2n) is 5.40. The first-order chi connectivity index (χ1) is 9.89. The van der Waals surface area contributed by atoms with Gasteiger partial charge in [0.05, 0.1) is 0 Å². The fourth-order valence-corrected chi connectivity index (χ4v) is 5.00. The predicted molar refractivity (Wildman–Crippen MR) is 89.1 cm³/mol. The molecule has 6 heteroatoms. The Bertz CT molecular complexity index is 646. The summed E-state index contributed by atoms with van der Waals surface area (Å²) in [6.45, 7) is 5.84. The van der Waals surface area contributed by atoms with E-state index < -0.39 is 20.7 Å². The molecule has 0 aromatic carbocycles. The van der Waals surface area contributed by atoms with Gasteiger partial charge in [0.25, 0.3) is 0 Å². The normalized spacial score (nSPS) is 25.4. The number of hydrogen-bond acceptors (Lipinski definition) is 4. The molecule has 0 amide bonds. The first-order valence-electron chi connectivity index (χ1n) is 7.05. The second-order valence-corrected chi connectivity index (χ2v) is 8.08. The molecule has 21 heavy (non-hydrogen) atoms. The number of nitrogens with two attached hydrogens (primary N) is 1. The first-order valence-corrected chi connectivity index (χ1v) is 9.53. The van der Waals surface area contributed by atoms with Gasteiger partial charge < -0.3 is 5.32 Å². The molecule has 0 fully saturated rings. The van der Waals surface area contributed by atoms with Crippen molar-refractivity contribution in [2.24, 2.45) is 5.14 Å². The van der Waals surface area contributed by atoms with Gasteiger partial charge in [-0.2, -0.15) is 0 Å². The average Bonchev–Trinajstić information content (AvgIpc) is 2.87. The number of primary sulfonamides is 1. The van der Waals surface area contributed by atoms with E-state index in [-0.39, 0.29) is 0 Å². The van der Waals surface area contributed by atoms with Gasteiger partial charge in [0.15, 0.2) is 0 Å². The smallest absolute Gasteiger partial charge is 0.216 e. The lowest BCUT2D eigenvalue weighted by Gasteiger charge is -2.34. The summed E-state index contributed by atoms with van der Waals surface area (Å²) in [6, 6.07) is 2.02. The quantitative estimate of drug-likeness (QED) is 0.785. The van der Waals surface area contributed by atoms with Crippen LogP contribution in [0.1, 0.15) is 24.3 Å². The number of rotatable bonds is 6. The topological polar surface area (TPSA) is 72.2 Å². The number of thiophene rings is 1. The molecule has 0 saturated heterocycles. The van der Waals surface area contributed by atoms with Crippen molar-refractivity contribution in [3.8, 4) is 0 Å². The highest BCUT2D eigenvalue weighted by Crippen LogP contribution is 2.39. The van der Waals surface area contributed by atoms with Crippen molar-refractivity contribution < 1.29 is 8.42 Å². The van der Waals surface area contributed by atoms with E-state index in [1.165, 1.54) is 4.88 Å². The van der Waals surface area contributed by atoms with Gasteiger partial charge in [0, 0.05) is 10.3 Å². The van der Waals surface area contributed by atoms with E-state index in [1.807, 2.05) is 30.5 Å². The molecule has 1 heterocycles. The average molecular weight is 326 g/mol. The Morgan fingerprint density at radius 3 is 2.86 bits per heavy atom. The zero-order valence-electron chi connectivity index (χ0n) is 12.4. The third kappa shape index (κ3) is 3.45. The summed E-state index contributed by atoms with van der Waals surface area (Å²) in [5.41, 5.74) is 0.453. The molecule has 1 aromatic heterocycles. The van der Waals surface area contributed by atoms with Crippen molar-refractivity contribution in [2.45, 2.75) is 30.9 Å². The Labute approximate surface area is 130 Å². The molecule has 1 aromatic rings. The molecular weight excluding hydrogens is 304 g/mol. The Hall–Kier alpha value is -0.950. The molecule has 2 atom stereocenters.